The molecule has 3 heterocycles. The number of fused-ring (bicyclic) bond motifs is 1. The fourth-order valence-electron chi connectivity index (χ4n) is 10.2. The van der Waals surface area contributed by atoms with Crippen LogP contribution in [0.5, 0.6) is 0 Å². The summed E-state index contributed by atoms with van der Waals surface area (Å²) in [5, 5.41) is 31.4. The van der Waals surface area contributed by atoms with Crippen LogP contribution < -0.4 is 0 Å². The van der Waals surface area contributed by atoms with Gasteiger partial charge in [-0.15, -0.1) is 5.10 Å². The van der Waals surface area contributed by atoms with Crippen molar-refractivity contribution < 1.29 is 19.4 Å². The summed E-state index contributed by atoms with van der Waals surface area (Å²) >= 11 is 1.49. The average molecular weight is 599 g/mol. The molecule has 2 bridgehead atoms. The second-order valence-corrected chi connectivity index (χ2v) is 15.1. The van der Waals surface area contributed by atoms with E-state index in [0.29, 0.717) is 35.3 Å². The lowest BCUT2D eigenvalue weighted by Gasteiger charge is -2.71. The van der Waals surface area contributed by atoms with Gasteiger partial charge in [0.15, 0.2) is 11.6 Å². The van der Waals surface area contributed by atoms with E-state index in [1.165, 1.54) is 11.8 Å². The highest BCUT2D eigenvalue weighted by Gasteiger charge is 2.74. The summed E-state index contributed by atoms with van der Waals surface area (Å²) in [6.07, 6.45) is 17.2. The minimum Gasteiger partial charge on any atom is -0.461 e. The first kappa shape index (κ1) is 27.5. The molecule has 2 spiro atoms. The second kappa shape index (κ2) is 9.25. The quantitative estimate of drug-likeness (QED) is 0.179. The first-order chi connectivity index (χ1) is 20.6. The number of hydrogen-bond donors (Lipinski definition) is 3. The van der Waals surface area contributed by atoms with Crippen LogP contribution in [0.4, 0.5) is 0 Å². The Morgan fingerprint density at radius 3 is 2.63 bits per heavy atom. The molecule has 9 heteroatoms. The van der Waals surface area contributed by atoms with Gasteiger partial charge in [0.25, 0.3) is 0 Å². The highest BCUT2D eigenvalue weighted by Crippen LogP contribution is 2.78. The third-order valence-corrected chi connectivity index (χ3v) is 13.6. The molecular formula is C34H38N4O4S. The van der Waals surface area contributed by atoms with E-state index in [4.69, 9.17) is 4.42 Å². The lowest BCUT2D eigenvalue weighted by Crippen LogP contribution is -2.67. The number of Topliss-reactive ketones (excluding diaryl/α,β-unsaturated/α-hetero) is 1. The number of nitrogens with one attached hydrogen (secondary N) is 1. The molecule has 9 rings (SSSR count). The summed E-state index contributed by atoms with van der Waals surface area (Å²) in [6, 6.07) is 7.31. The molecule has 0 radical (unpaired) electrons. The van der Waals surface area contributed by atoms with Crippen LogP contribution in [0, 0.1) is 33.5 Å². The number of pyridine rings is 1. The van der Waals surface area contributed by atoms with Gasteiger partial charge in [-0.05, 0) is 86.5 Å². The van der Waals surface area contributed by atoms with Crippen LogP contribution in [0.3, 0.4) is 0 Å². The van der Waals surface area contributed by atoms with Gasteiger partial charge in [-0.2, -0.15) is 0 Å². The SMILES string of the molecule is CC12CCC(O)CC13C=CC1(C(C(=O)c4ccco4)=C3)C2CCC2(C)C1CCC2(O)CSc1n[nH]c(-c2ccncc2)n1. The van der Waals surface area contributed by atoms with E-state index >= 15 is 0 Å². The Morgan fingerprint density at radius 1 is 1.07 bits per heavy atom. The smallest absolute Gasteiger partial charge is 0.224 e. The Kier molecular flexibility index (Phi) is 5.92. The maximum Gasteiger partial charge on any atom is 0.224 e. The third-order valence-electron chi connectivity index (χ3n) is 12.6. The van der Waals surface area contributed by atoms with Crippen molar-refractivity contribution in [2.75, 3.05) is 5.75 Å². The van der Waals surface area contributed by atoms with Crippen LogP contribution in [-0.4, -0.2) is 53.6 Å². The lowest BCUT2D eigenvalue weighted by molar-refractivity contribution is -0.166. The van der Waals surface area contributed by atoms with Crippen LogP contribution in [0.2, 0.25) is 0 Å². The van der Waals surface area contributed by atoms with E-state index in [-0.39, 0.29) is 34.6 Å². The number of allylic oxidation sites excluding steroid dienone is 4. The van der Waals surface area contributed by atoms with E-state index in [2.05, 4.69) is 52.2 Å². The van der Waals surface area contributed by atoms with Crippen molar-refractivity contribution in [3.8, 4) is 11.4 Å². The molecule has 3 fully saturated rings. The Bertz CT molecular complexity index is 1640. The molecule has 8 nitrogen and oxygen atoms in total. The van der Waals surface area contributed by atoms with Crippen molar-refractivity contribution in [1.82, 2.24) is 20.2 Å². The molecule has 3 aromatic rings. The summed E-state index contributed by atoms with van der Waals surface area (Å²) in [7, 11) is 0. The molecule has 0 aromatic carbocycles. The summed E-state index contributed by atoms with van der Waals surface area (Å²) in [5.74, 6) is 1.81. The number of hydrogen-bond acceptors (Lipinski definition) is 8. The van der Waals surface area contributed by atoms with Crippen LogP contribution in [-0.2, 0) is 0 Å². The number of carbonyl (C=O) groups is 1. The standard InChI is InChI=1S/C34H38N4O4S/c1-30-10-5-22(39)18-32(30)13-14-34(23(19-32)27(40)24-4-3-17-42-24)25(30)6-11-31(2)26(34)7-12-33(31,41)20-43-29-36-28(37-38-29)21-8-15-35-16-9-21/h3-4,8-9,13-17,19,22,25-26,39,41H,5-7,10-12,18,20H2,1-2H3,(H,36,37,38). The zero-order chi connectivity index (χ0) is 29.7. The molecule has 43 heavy (non-hydrogen) atoms. The summed E-state index contributed by atoms with van der Waals surface area (Å²) in [4.78, 5) is 23.1. The number of carbonyl (C=O) groups excluding carboxylic acids is 1. The van der Waals surface area contributed by atoms with Crippen LogP contribution in [0.1, 0.15) is 69.3 Å². The summed E-state index contributed by atoms with van der Waals surface area (Å²) < 4.78 is 5.67. The molecule has 3 aromatic heterocycles. The molecule has 6 aliphatic carbocycles. The predicted molar refractivity (Wildman–Crippen MR) is 162 cm³/mol. The predicted octanol–water partition coefficient (Wildman–Crippen LogP) is 6.03. The fraction of sp³-hybridized carbons (Fsp3) is 0.529. The Morgan fingerprint density at radius 2 is 1.84 bits per heavy atom. The highest BCUT2D eigenvalue weighted by molar-refractivity contribution is 7.99. The number of ketones is 1. The van der Waals surface area contributed by atoms with Gasteiger partial charge in [0.05, 0.1) is 18.0 Å². The lowest BCUT2D eigenvalue weighted by atomic mass is 9.32. The number of thioether (sulfide) groups is 1. The van der Waals surface area contributed by atoms with Crippen molar-refractivity contribution in [3.05, 3.63) is 72.5 Å². The average Bonchev–Trinajstić information content (AvgIpc) is 3.77. The van der Waals surface area contributed by atoms with Crippen molar-refractivity contribution in [3.63, 3.8) is 0 Å². The zero-order valence-electron chi connectivity index (χ0n) is 24.6. The molecule has 8 atom stereocenters. The Hall–Kier alpha value is -3.01. The van der Waals surface area contributed by atoms with Crippen molar-refractivity contribution in [2.24, 2.45) is 33.5 Å². The number of furan rings is 1. The molecule has 3 saturated carbocycles. The summed E-state index contributed by atoms with van der Waals surface area (Å²) in [5.41, 5.74) is -0.537. The number of nitrogens with zero attached hydrogens (tertiary/aromatic N) is 3. The van der Waals surface area contributed by atoms with E-state index in [0.717, 1.165) is 43.2 Å². The largest absolute Gasteiger partial charge is 0.461 e. The molecule has 0 amide bonds. The maximum atomic E-state index is 14.3. The molecule has 0 saturated heterocycles. The number of aromatic amines is 1. The van der Waals surface area contributed by atoms with E-state index < -0.39 is 16.4 Å². The molecule has 3 N–H and O–H groups in total. The second-order valence-electron chi connectivity index (χ2n) is 14.1. The molecule has 0 aliphatic heterocycles. The molecule has 8 unspecified atom stereocenters. The third kappa shape index (κ3) is 3.58. The number of aromatic nitrogens is 4. The van der Waals surface area contributed by atoms with E-state index in [9.17, 15) is 15.0 Å². The Balaban J connectivity index is 1.16. The topological polar surface area (TPSA) is 125 Å². The summed E-state index contributed by atoms with van der Waals surface area (Å²) in [6.45, 7) is 4.65. The van der Waals surface area contributed by atoms with Gasteiger partial charge in [-0.25, -0.2) is 4.98 Å². The van der Waals surface area contributed by atoms with E-state index in [1.807, 2.05) is 12.1 Å². The van der Waals surface area contributed by atoms with Crippen LogP contribution in [0.25, 0.3) is 11.4 Å². The van der Waals surface area contributed by atoms with Gasteiger partial charge in [0.1, 0.15) is 0 Å². The number of H-pyrrole nitrogens is 1. The van der Waals surface area contributed by atoms with Gasteiger partial charge >= 0.3 is 0 Å². The molecule has 6 aliphatic rings. The molecular weight excluding hydrogens is 560 g/mol. The van der Waals surface area contributed by atoms with Gasteiger partial charge < -0.3 is 14.6 Å². The normalized spacial score (nSPS) is 40.9. The van der Waals surface area contributed by atoms with Crippen molar-refractivity contribution in [2.45, 2.75) is 75.7 Å². The fourth-order valence-corrected chi connectivity index (χ4v) is 11.4. The van der Waals surface area contributed by atoms with Gasteiger partial charge in [0, 0.05) is 45.5 Å². The van der Waals surface area contributed by atoms with Gasteiger partial charge in [-0.1, -0.05) is 43.8 Å². The highest BCUT2D eigenvalue weighted by atomic mass is 32.2. The zero-order valence-corrected chi connectivity index (χ0v) is 25.4. The first-order valence-corrected chi connectivity index (χ1v) is 16.5. The first-order valence-electron chi connectivity index (χ1n) is 15.5. The van der Waals surface area contributed by atoms with Crippen LogP contribution in [0.15, 0.2) is 76.3 Å². The number of aliphatic hydroxyl groups is 2. The van der Waals surface area contributed by atoms with Gasteiger partial charge in [-0.3, -0.25) is 14.9 Å². The maximum absolute atomic E-state index is 14.3. The monoisotopic (exact) mass is 598 g/mol. The molecule has 224 valence electrons. The number of rotatable bonds is 6. The minimum atomic E-state index is -0.943. The van der Waals surface area contributed by atoms with E-state index in [1.54, 1.807) is 30.8 Å². The Labute approximate surface area is 255 Å². The van der Waals surface area contributed by atoms with Crippen molar-refractivity contribution >= 4 is 17.5 Å². The van der Waals surface area contributed by atoms with Crippen LogP contribution >= 0.6 is 11.8 Å². The van der Waals surface area contributed by atoms with Crippen molar-refractivity contribution in [1.29, 1.82) is 0 Å². The van der Waals surface area contributed by atoms with Gasteiger partial charge in [0.2, 0.25) is 10.9 Å². The minimum absolute atomic E-state index is 0.0562. The number of aliphatic hydroxyl groups excluding tert-OH is 1.